The lowest BCUT2D eigenvalue weighted by molar-refractivity contribution is 0.0688. The Kier molecular flexibility index (Phi) is 7.18. The average molecular weight is 528 g/mol. The summed E-state index contributed by atoms with van der Waals surface area (Å²) in [4.78, 5) is 30.4. The summed E-state index contributed by atoms with van der Waals surface area (Å²) in [5, 5.41) is 10.7. The SMILES string of the molecule is Cc1cnc(-c2ccnc(C(C)(C)O)n2)cc1-n1c(C)cc(OCc2ncc(F)cc2P)c(Cl)c1=O. The molecule has 0 saturated carbocycles. The van der Waals surface area contributed by atoms with Gasteiger partial charge in [-0.25, -0.2) is 14.4 Å². The molecule has 4 aromatic heterocycles. The van der Waals surface area contributed by atoms with E-state index in [2.05, 4.69) is 29.2 Å². The molecule has 186 valence electrons. The molecule has 4 rings (SSSR count). The van der Waals surface area contributed by atoms with Crippen LogP contribution in [-0.2, 0) is 12.2 Å². The molecule has 8 nitrogen and oxygen atoms in total. The molecular formula is C25H24ClFN5O3P. The topological polar surface area (TPSA) is 103 Å². The second kappa shape index (κ2) is 10.0. The zero-order valence-electron chi connectivity index (χ0n) is 20.1. The Balaban J connectivity index is 1.72. The van der Waals surface area contributed by atoms with Gasteiger partial charge in [0.15, 0.2) is 5.82 Å². The highest BCUT2D eigenvalue weighted by atomic mass is 35.5. The maximum Gasteiger partial charge on any atom is 0.277 e. The van der Waals surface area contributed by atoms with Crippen LogP contribution in [0.1, 0.15) is 36.6 Å². The largest absolute Gasteiger partial charge is 0.485 e. The van der Waals surface area contributed by atoms with Crippen molar-refractivity contribution in [3.05, 3.63) is 86.8 Å². The highest BCUT2D eigenvalue weighted by Crippen LogP contribution is 2.27. The first-order valence-electron chi connectivity index (χ1n) is 10.9. The first-order chi connectivity index (χ1) is 17.0. The van der Waals surface area contributed by atoms with Gasteiger partial charge in [-0.3, -0.25) is 19.3 Å². The molecule has 4 heterocycles. The number of rotatable bonds is 6. The van der Waals surface area contributed by atoms with Crippen LogP contribution in [0.15, 0.2) is 47.7 Å². The Hall–Kier alpha value is -3.26. The number of hydrogen-bond acceptors (Lipinski definition) is 7. The molecule has 0 radical (unpaired) electrons. The average Bonchev–Trinajstić information content (AvgIpc) is 2.82. The summed E-state index contributed by atoms with van der Waals surface area (Å²) in [5.41, 5.74) is 1.72. The second-order valence-electron chi connectivity index (χ2n) is 8.76. The molecule has 0 saturated heterocycles. The quantitative estimate of drug-likeness (QED) is 0.380. The van der Waals surface area contributed by atoms with Gasteiger partial charge in [0, 0.05) is 24.2 Å². The number of pyridine rings is 3. The van der Waals surface area contributed by atoms with Crippen LogP contribution in [0.4, 0.5) is 4.39 Å². The molecule has 0 fully saturated rings. The Labute approximate surface area is 214 Å². The summed E-state index contributed by atoms with van der Waals surface area (Å²) < 4.78 is 20.6. The molecule has 4 aromatic rings. The Morgan fingerprint density at radius 2 is 1.89 bits per heavy atom. The summed E-state index contributed by atoms with van der Waals surface area (Å²) >= 11 is 6.42. The van der Waals surface area contributed by atoms with Crippen molar-refractivity contribution in [1.29, 1.82) is 0 Å². The van der Waals surface area contributed by atoms with Crippen molar-refractivity contribution in [3.63, 3.8) is 0 Å². The van der Waals surface area contributed by atoms with E-state index in [1.807, 2.05) is 6.92 Å². The molecule has 36 heavy (non-hydrogen) atoms. The minimum atomic E-state index is -1.22. The third-order valence-electron chi connectivity index (χ3n) is 5.42. The zero-order valence-corrected chi connectivity index (χ0v) is 22.0. The van der Waals surface area contributed by atoms with Crippen molar-refractivity contribution in [2.75, 3.05) is 0 Å². The fraction of sp³-hybridized carbons (Fsp3) is 0.240. The number of nitrogens with zero attached hydrogens (tertiary/aromatic N) is 5. The van der Waals surface area contributed by atoms with E-state index in [0.29, 0.717) is 33.8 Å². The number of ether oxygens (including phenoxy) is 1. The highest BCUT2D eigenvalue weighted by Gasteiger charge is 2.21. The van der Waals surface area contributed by atoms with Gasteiger partial charge >= 0.3 is 0 Å². The van der Waals surface area contributed by atoms with Gasteiger partial charge in [-0.15, -0.1) is 9.24 Å². The summed E-state index contributed by atoms with van der Waals surface area (Å²) in [5.74, 6) is 0.000157. The number of halogens is 2. The summed E-state index contributed by atoms with van der Waals surface area (Å²) in [7, 11) is 2.40. The molecule has 1 atom stereocenters. The van der Waals surface area contributed by atoms with Gasteiger partial charge in [-0.1, -0.05) is 11.6 Å². The molecule has 0 aliphatic carbocycles. The second-order valence-corrected chi connectivity index (χ2v) is 9.76. The fourth-order valence-corrected chi connectivity index (χ4v) is 4.04. The molecule has 0 aliphatic heterocycles. The maximum absolute atomic E-state index is 13.3. The van der Waals surface area contributed by atoms with Crippen molar-refractivity contribution in [2.24, 2.45) is 0 Å². The minimum absolute atomic E-state index is 0.0113. The fourth-order valence-electron chi connectivity index (χ4n) is 3.53. The smallest absolute Gasteiger partial charge is 0.277 e. The normalized spacial score (nSPS) is 11.6. The zero-order chi connectivity index (χ0) is 26.2. The van der Waals surface area contributed by atoms with Gasteiger partial charge < -0.3 is 9.84 Å². The van der Waals surface area contributed by atoms with Crippen molar-refractivity contribution < 1.29 is 14.2 Å². The van der Waals surface area contributed by atoms with E-state index in [0.717, 1.165) is 11.8 Å². The monoisotopic (exact) mass is 527 g/mol. The van der Waals surface area contributed by atoms with Gasteiger partial charge in [0.05, 0.1) is 29.0 Å². The van der Waals surface area contributed by atoms with Crippen LogP contribution in [0.5, 0.6) is 5.75 Å². The van der Waals surface area contributed by atoms with E-state index in [-0.39, 0.29) is 23.2 Å². The van der Waals surface area contributed by atoms with Crippen LogP contribution >= 0.6 is 20.8 Å². The van der Waals surface area contributed by atoms with E-state index in [1.54, 1.807) is 51.4 Å². The van der Waals surface area contributed by atoms with Crippen LogP contribution in [0.2, 0.25) is 5.02 Å². The molecule has 0 amide bonds. The van der Waals surface area contributed by atoms with Crippen LogP contribution in [0.25, 0.3) is 17.1 Å². The van der Waals surface area contributed by atoms with Gasteiger partial charge in [-0.2, -0.15) is 0 Å². The highest BCUT2D eigenvalue weighted by molar-refractivity contribution is 7.27. The summed E-state index contributed by atoms with van der Waals surface area (Å²) in [6, 6.07) is 6.40. The van der Waals surface area contributed by atoms with Crippen molar-refractivity contribution in [3.8, 4) is 22.8 Å². The van der Waals surface area contributed by atoms with Crippen molar-refractivity contribution in [2.45, 2.75) is 39.9 Å². The van der Waals surface area contributed by atoms with E-state index < -0.39 is 17.0 Å². The van der Waals surface area contributed by atoms with E-state index >= 15 is 0 Å². The number of aromatic nitrogens is 5. The van der Waals surface area contributed by atoms with Gasteiger partial charge in [-0.05, 0) is 56.8 Å². The molecule has 11 heteroatoms. The predicted octanol–water partition coefficient (Wildman–Crippen LogP) is 3.80. The Morgan fingerprint density at radius 1 is 1.14 bits per heavy atom. The summed E-state index contributed by atoms with van der Waals surface area (Å²) in [6.45, 7) is 6.80. The third-order valence-corrected chi connectivity index (χ3v) is 6.26. The molecule has 1 unspecified atom stereocenters. The number of aliphatic hydroxyl groups is 1. The van der Waals surface area contributed by atoms with Gasteiger partial charge in [0.25, 0.3) is 5.56 Å². The van der Waals surface area contributed by atoms with Crippen molar-refractivity contribution in [1.82, 2.24) is 24.5 Å². The Bertz CT molecular complexity index is 1520. The molecular weight excluding hydrogens is 504 g/mol. The van der Waals surface area contributed by atoms with E-state index in [4.69, 9.17) is 16.3 Å². The predicted molar refractivity (Wildman–Crippen MR) is 138 cm³/mol. The molecule has 1 N–H and O–H groups in total. The van der Waals surface area contributed by atoms with Gasteiger partial charge in [0.2, 0.25) is 0 Å². The van der Waals surface area contributed by atoms with Crippen LogP contribution in [-0.4, -0.2) is 29.6 Å². The summed E-state index contributed by atoms with van der Waals surface area (Å²) in [6.07, 6.45) is 4.29. The van der Waals surface area contributed by atoms with Gasteiger partial charge in [0.1, 0.15) is 28.8 Å². The standard InChI is InChI=1S/C25H24ClFN5O3P/c1-13-10-29-17(16-5-6-28-24(31-16)25(3,4)34)9-19(13)32-14(2)7-20(22(26)23(32)33)35-12-18-21(36)8-15(27)11-30-18/h5-11,34H,12,36H2,1-4H3. The lowest BCUT2D eigenvalue weighted by Crippen LogP contribution is -2.23. The lowest BCUT2D eigenvalue weighted by atomic mass is 10.1. The molecule has 0 spiro atoms. The molecule has 0 aromatic carbocycles. The first-order valence-corrected chi connectivity index (χ1v) is 11.9. The van der Waals surface area contributed by atoms with Crippen LogP contribution in [0, 0.1) is 19.7 Å². The lowest BCUT2D eigenvalue weighted by Gasteiger charge is -2.18. The van der Waals surface area contributed by atoms with Crippen molar-refractivity contribution >= 4 is 26.1 Å². The first kappa shape index (κ1) is 25.8. The number of hydrogen-bond donors (Lipinski definition) is 1. The minimum Gasteiger partial charge on any atom is -0.485 e. The van der Waals surface area contributed by atoms with E-state index in [9.17, 15) is 14.3 Å². The number of aryl methyl sites for hydroxylation is 2. The molecule has 0 aliphatic rings. The van der Waals surface area contributed by atoms with Crippen LogP contribution in [0.3, 0.4) is 0 Å². The van der Waals surface area contributed by atoms with E-state index in [1.165, 1.54) is 10.6 Å². The Morgan fingerprint density at radius 3 is 2.58 bits per heavy atom. The molecule has 0 bridgehead atoms. The maximum atomic E-state index is 13.3. The van der Waals surface area contributed by atoms with Crippen LogP contribution < -0.4 is 15.6 Å². The third kappa shape index (κ3) is 5.28.